The van der Waals surface area contributed by atoms with E-state index in [-0.39, 0.29) is 17.7 Å². The van der Waals surface area contributed by atoms with Gasteiger partial charge < -0.3 is 14.2 Å². The van der Waals surface area contributed by atoms with Crippen LogP contribution in [0.2, 0.25) is 5.02 Å². The Morgan fingerprint density at radius 1 is 0.860 bits per heavy atom. The number of halogens is 1. The topological polar surface area (TPSA) is 107 Å². The number of nitriles is 1. The van der Waals surface area contributed by atoms with E-state index in [0.717, 1.165) is 27.3 Å². The van der Waals surface area contributed by atoms with Crippen molar-refractivity contribution in [3.05, 3.63) is 142 Å². The van der Waals surface area contributed by atoms with Crippen LogP contribution in [0.25, 0.3) is 23.0 Å². The highest BCUT2D eigenvalue weighted by molar-refractivity contribution is 6.30. The number of rotatable bonds is 11. The molecule has 0 N–H and O–H groups in total. The number of aromatic nitrogens is 2. The Bertz CT molecular complexity index is 2150. The maximum atomic E-state index is 14.0. The van der Waals surface area contributed by atoms with E-state index in [9.17, 15) is 14.9 Å². The monoisotopic (exact) mass is 684 g/mol. The zero-order chi connectivity index (χ0) is 35.2. The molecule has 0 saturated heterocycles. The largest absolute Gasteiger partial charge is 0.493 e. The van der Waals surface area contributed by atoms with E-state index in [1.807, 2.05) is 97.2 Å². The van der Waals surface area contributed by atoms with Crippen LogP contribution in [0.1, 0.15) is 23.6 Å². The molecule has 0 fully saturated rings. The van der Waals surface area contributed by atoms with Gasteiger partial charge in [-0.05, 0) is 96.8 Å². The van der Waals surface area contributed by atoms with Gasteiger partial charge >= 0.3 is 0 Å². The van der Waals surface area contributed by atoms with Crippen molar-refractivity contribution in [2.45, 2.75) is 20.0 Å². The molecule has 4 aromatic carbocycles. The second-order valence-corrected chi connectivity index (χ2v) is 12.0. The summed E-state index contributed by atoms with van der Waals surface area (Å²) in [5.41, 5.74) is 5.16. The molecular weight excluding hydrogens is 652 g/mol. The molecule has 0 atom stereocenters. The predicted molar refractivity (Wildman–Crippen MR) is 191 cm³/mol. The molecule has 0 aliphatic carbocycles. The number of imide groups is 1. The van der Waals surface area contributed by atoms with Crippen LogP contribution in [-0.4, -0.2) is 47.3 Å². The van der Waals surface area contributed by atoms with Crippen molar-refractivity contribution < 1.29 is 23.8 Å². The summed E-state index contributed by atoms with van der Waals surface area (Å²) in [7, 11) is 3.10. The Morgan fingerprint density at radius 3 is 2.24 bits per heavy atom. The van der Waals surface area contributed by atoms with E-state index < -0.39 is 11.8 Å². The fraction of sp³-hybridized carbons (Fsp3) is 0.150. The first kappa shape index (κ1) is 33.8. The Balaban J connectivity index is 1.33. The van der Waals surface area contributed by atoms with Gasteiger partial charge in [0.2, 0.25) is 0 Å². The van der Waals surface area contributed by atoms with Crippen LogP contribution in [0.4, 0.5) is 0 Å². The van der Waals surface area contributed by atoms with Gasteiger partial charge in [0.1, 0.15) is 24.0 Å². The lowest BCUT2D eigenvalue weighted by atomic mass is 9.93. The lowest BCUT2D eigenvalue weighted by Crippen LogP contribution is -2.43. The van der Waals surface area contributed by atoms with E-state index in [4.69, 9.17) is 30.9 Å². The molecule has 1 aromatic heterocycles. The number of hydrogen-bond donors (Lipinski definition) is 0. The van der Waals surface area contributed by atoms with E-state index in [2.05, 4.69) is 0 Å². The molecule has 50 heavy (non-hydrogen) atoms. The third kappa shape index (κ3) is 7.16. The Hall–Kier alpha value is -6.11. The van der Waals surface area contributed by atoms with Crippen molar-refractivity contribution in [3.8, 4) is 40.3 Å². The number of para-hydroxylation sites is 1. The molecular formula is C40H33ClN4O5. The van der Waals surface area contributed by atoms with Crippen LogP contribution in [0.3, 0.4) is 0 Å². The molecule has 1 aliphatic rings. The van der Waals surface area contributed by atoms with E-state index in [1.165, 1.54) is 0 Å². The SMILES string of the molecule is COc1ccc(CCN2C(=O)C(C#N)=C(C)/C(=C\c3cn(-c4ccccc4)nc3-c3ccc(OCc4ccc(Cl)cc4)cc3)C2=O)cc1OC. The summed E-state index contributed by atoms with van der Waals surface area (Å²) in [5, 5.41) is 15.6. The number of carbonyl (C=O) groups is 2. The molecule has 1 aliphatic heterocycles. The summed E-state index contributed by atoms with van der Waals surface area (Å²) in [6.45, 7) is 2.07. The standard InChI is InChI=1S/C40H33ClN4O5/c1-26-34(39(46)44(40(47)35(26)23-42)20-19-27-11-18-36(48-2)37(21-27)49-3)22-30-24-45(32-7-5-4-6-8-32)43-38(30)29-12-16-33(17-13-29)50-25-28-9-14-31(41)15-10-28/h4-18,21-22,24H,19-20,25H2,1-3H3/b34-22+. The van der Waals surface area contributed by atoms with Crippen molar-refractivity contribution in [2.24, 2.45) is 0 Å². The van der Waals surface area contributed by atoms with Gasteiger partial charge in [0, 0.05) is 34.5 Å². The van der Waals surface area contributed by atoms with Crippen molar-refractivity contribution in [1.29, 1.82) is 5.26 Å². The van der Waals surface area contributed by atoms with E-state index >= 15 is 0 Å². The fourth-order valence-electron chi connectivity index (χ4n) is 5.65. The number of nitrogens with zero attached hydrogens (tertiary/aromatic N) is 4. The quantitative estimate of drug-likeness (QED) is 0.104. The number of benzene rings is 4. The Kier molecular flexibility index (Phi) is 10.1. The van der Waals surface area contributed by atoms with Crippen molar-refractivity contribution >= 4 is 29.5 Å². The first-order valence-corrected chi connectivity index (χ1v) is 16.2. The van der Waals surface area contributed by atoms with Crippen molar-refractivity contribution in [3.63, 3.8) is 0 Å². The third-order valence-electron chi connectivity index (χ3n) is 8.41. The molecule has 5 aromatic rings. The summed E-state index contributed by atoms with van der Waals surface area (Å²) in [4.78, 5) is 28.6. The lowest BCUT2D eigenvalue weighted by molar-refractivity contribution is -0.140. The van der Waals surface area contributed by atoms with Crippen LogP contribution in [-0.2, 0) is 22.6 Å². The summed E-state index contributed by atoms with van der Waals surface area (Å²) >= 11 is 6.01. The second kappa shape index (κ2) is 15.0. The zero-order valence-electron chi connectivity index (χ0n) is 27.7. The first-order valence-electron chi connectivity index (χ1n) is 15.8. The highest BCUT2D eigenvalue weighted by Gasteiger charge is 2.35. The average molecular weight is 685 g/mol. The third-order valence-corrected chi connectivity index (χ3v) is 8.66. The Morgan fingerprint density at radius 2 is 1.56 bits per heavy atom. The minimum Gasteiger partial charge on any atom is -0.493 e. The van der Waals surface area contributed by atoms with Gasteiger partial charge in [-0.25, -0.2) is 4.68 Å². The van der Waals surface area contributed by atoms with Crippen molar-refractivity contribution in [2.75, 3.05) is 20.8 Å². The average Bonchev–Trinajstić information content (AvgIpc) is 3.57. The van der Waals surface area contributed by atoms with Crippen LogP contribution in [0, 0.1) is 11.3 Å². The number of ether oxygens (including phenoxy) is 3. The molecule has 2 heterocycles. The van der Waals surface area contributed by atoms with Gasteiger partial charge in [0.15, 0.2) is 11.5 Å². The van der Waals surface area contributed by atoms with Crippen LogP contribution >= 0.6 is 11.6 Å². The summed E-state index contributed by atoms with van der Waals surface area (Å²) in [6.07, 6.45) is 3.89. The summed E-state index contributed by atoms with van der Waals surface area (Å²) < 4.78 is 18.5. The zero-order valence-corrected chi connectivity index (χ0v) is 28.5. The second-order valence-electron chi connectivity index (χ2n) is 11.5. The van der Waals surface area contributed by atoms with E-state index in [0.29, 0.717) is 52.1 Å². The Labute approximate surface area is 295 Å². The molecule has 0 unspecified atom stereocenters. The van der Waals surface area contributed by atoms with Crippen LogP contribution in [0.5, 0.6) is 17.2 Å². The number of hydrogen-bond acceptors (Lipinski definition) is 7. The molecule has 6 rings (SSSR count). The number of amides is 2. The van der Waals surface area contributed by atoms with E-state index in [1.54, 1.807) is 44.0 Å². The minimum absolute atomic E-state index is 0.0660. The molecule has 0 spiro atoms. The van der Waals surface area contributed by atoms with Gasteiger partial charge in [-0.15, -0.1) is 0 Å². The molecule has 9 nitrogen and oxygen atoms in total. The van der Waals surface area contributed by atoms with Gasteiger partial charge in [-0.2, -0.15) is 10.4 Å². The highest BCUT2D eigenvalue weighted by Crippen LogP contribution is 2.33. The molecule has 2 amide bonds. The number of carbonyl (C=O) groups excluding carboxylic acids is 2. The summed E-state index contributed by atoms with van der Waals surface area (Å²) in [5.74, 6) is 0.677. The smallest absolute Gasteiger partial charge is 0.271 e. The lowest BCUT2D eigenvalue weighted by Gasteiger charge is -2.27. The summed E-state index contributed by atoms with van der Waals surface area (Å²) in [6, 6.07) is 32.1. The molecule has 10 heteroatoms. The molecule has 0 saturated carbocycles. The van der Waals surface area contributed by atoms with Crippen LogP contribution < -0.4 is 14.2 Å². The fourth-order valence-corrected chi connectivity index (χ4v) is 5.78. The van der Waals surface area contributed by atoms with Gasteiger partial charge in [-0.3, -0.25) is 14.5 Å². The van der Waals surface area contributed by atoms with Gasteiger partial charge in [-0.1, -0.05) is 48.0 Å². The van der Waals surface area contributed by atoms with Crippen LogP contribution in [0.15, 0.2) is 120 Å². The molecule has 0 radical (unpaired) electrons. The van der Waals surface area contributed by atoms with Gasteiger partial charge in [0.05, 0.1) is 25.6 Å². The maximum absolute atomic E-state index is 14.0. The number of methoxy groups -OCH3 is 2. The normalized spacial score (nSPS) is 13.8. The minimum atomic E-state index is -0.623. The van der Waals surface area contributed by atoms with Crippen molar-refractivity contribution in [1.82, 2.24) is 14.7 Å². The predicted octanol–water partition coefficient (Wildman–Crippen LogP) is 7.62. The highest BCUT2D eigenvalue weighted by atomic mass is 35.5. The molecule has 0 bridgehead atoms. The maximum Gasteiger partial charge on any atom is 0.271 e. The first-order chi connectivity index (χ1) is 24.3. The van der Waals surface area contributed by atoms with Gasteiger partial charge in [0.25, 0.3) is 11.8 Å². The molecule has 250 valence electrons.